The van der Waals surface area contributed by atoms with Gasteiger partial charge in [0.05, 0.1) is 5.56 Å². The monoisotopic (exact) mass is 236 g/mol. The van der Waals surface area contributed by atoms with E-state index < -0.39 is 0 Å². The predicted octanol–water partition coefficient (Wildman–Crippen LogP) is 3.92. The number of aromatic hydroxyl groups is 2. The van der Waals surface area contributed by atoms with Gasteiger partial charge in [0.1, 0.15) is 11.5 Å². The van der Waals surface area contributed by atoms with Gasteiger partial charge in [0.15, 0.2) is 0 Å². The largest absolute Gasteiger partial charge is 0.507 e. The fraction of sp³-hybridized carbons (Fsp3) is 0. The molecule has 2 N–H and O–H groups in total. The highest BCUT2D eigenvalue weighted by Crippen LogP contribution is 2.40. The number of benzene rings is 3. The molecule has 0 amide bonds. The first-order valence-corrected chi connectivity index (χ1v) is 5.76. The first-order valence-electron chi connectivity index (χ1n) is 5.76. The van der Waals surface area contributed by atoms with Gasteiger partial charge in [0.2, 0.25) is 0 Å². The van der Waals surface area contributed by atoms with Crippen LogP contribution >= 0.6 is 0 Å². The minimum atomic E-state index is 0.0892. The van der Waals surface area contributed by atoms with Gasteiger partial charge in [-0.2, -0.15) is 0 Å². The van der Waals surface area contributed by atoms with Crippen LogP contribution in [0.25, 0.3) is 21.9 Å². The second kappa shape index (κ2) is 4.08. The Bertz CT molecular complexity index is 692. The quantitative estimate of drug-likeness (QED) is 0.672. The average molecular weight is 236 g/mol. The molecule has 0 aromatic heterocycles. The summed E-state index contributed by atoms with van der Waals surface area (Å²) in [6.45, 7) is 0. The van der Waals surface area contributed by atoms with Gasteiger partial charge < -0.3 is 10.2 Å². The van der Waals surface area contributed by atoms with Crippen LogP contribution in [0.5, 0.6) is 11.5 Å². The zero-order valence-corrected chi connectivity index (χ0v) is 9.67. The maximum Gasteiger partial charge on any atom is 0.127 e. The second-order valence-corrected chi connectivity index (χ2v) is 4.20. The van der Waals surface area contributed by atoms with Crippen molar-refractivity contribution >= 4 is 10.8 Å². The Hall–Kier alpha value is -2.48. The zero-order valence-electron chi connectivity index (χ0n) is 9.67. The van der Waals surface area contributed by atoms with E-state index in [0.717, 1.165) is 16.3 Å². The molecular formula is C16H12O2. The summed E-state index contributed by atoms with van der Waals surface area (Å²) in [5.74, 6) is 0.178. The molecular weight excluding hydrogens is 224 g/mol. The van der Waals surface area contributed by atoms with Gasteiger partial charge in [-0.3, -0.25) is 0 Å². The molecule has 0 radical (unpaired) electrons. The van der Waals surface area contributed by atoms with Crippen molar-refractivity contribution in [2.24, 2.45) is 0 Å². The topological polar surface area (TPSA) is 40.5 Å². The number of hydrogen-bond donors (Lipinski definition) is 2. The summed E-state index contributed by atoms with van der Waals surface area (Å²) in [6, 6.07) is 18.5. The molecule has 3 aromatic rings. The molecule has 18 heavy (non-hydrogen) atoms. The van der Waals surface area contributed by atoms with Gasteiger partial charge in [0.25, 0.3) is 0 Å². The Morgan fingerprint density at radius 1 is 0.611 bits per heavy atom. The highest BCUT2D eigenvalue weighted by atomic mass is 16.3. The van der Waals surface area contributed by atoms with Crippen molar-refractivity contribution in [1.29, 1.82) is 0 Å². The molecule has 0 saturated heterocycles. The highest BCUT2D eigenvalue weighted by molar-refractivity contribution is 5.99. The molecule has 0 saturated carbocycles. The van der Waals surface area contributed by atoms with Crippen LogP contribution in [0.15, 0.2) is 60.7 Å². The van der Waals surface area contributed by atoms with Gasteiger partial charge in [-0.1, -0.05) is 48.5 Å². The fourth-order valence-corrected chi connectivity index (χ4v) is 2.25. The summed E-state index contributed by atoms with van der Waals surface area (Å²) in [5, 5.41) is 22.0. The number of fused-ring (bicyclic) bond motifs is 1. The van der Waals surface area contributed by atoms with Crippen LogP contribution in [0, 0.1) is 0 Å². The molecule has 0 aliphatic heterocycles. The van der Waals surface area contributed by atoms with E-state index in [9.17, 15) is 10.2 Å². The highest BCUT2D eigenvalue weighted by Gasteiger charge is 2.11. The van der Waals surface area contributed by atoms with Gasteiger partial charge in [-0.15, -0.1) is 0 Å². The van der Waals surface area contributed by atoms with Crippen molar-refractivity contribution in [2.45, 2.75) is 0 Å². The molecule has 0 bridgehead atoms. The van der Waals surface area contributed by atoms with E-state index in [-0.39, 0.29) is 11.5 Å². The summed E-state index contributed by atoms with van der Waals surface area (Å²) >= 11 is 0. The maximum atomic E-state index is 9.94. The molecule has 2 nitrogen and oxygen atoms in total. The third-order valence-corrected chi connectivity index (χ3v) is 3.08. The van der Waals surface area contributed by atoms with Crippen LogP contribution in [0.2, 0.25) is 0 Å². The zero-order chi connectivity index (χ0) is 12.5. The minimum absolute atomic E-state index is 0.0892. The Kier molecular flexibility index (Phi) is 2.41. The molecule has 0 fully saturated rings. The molecule has 3 aromatic carbocycles. The van der Waals surface area contributed by atoms with E-state index in [0.29, 0.717) is 5.56 Å². The van der Waals surface area contributed by atoms with Crippen LogP contribution < -0.4 is 0 Å². The molecule has 0 spiro atoms. The summed E-state index contributed by atoms with van der Waals surface area (Å²) in [7, 11) is 0. The number of phenolic OH excluding ortho intramolecular Hbond substituents is 2. The van der Waals surface area contributed by atoms with Crippen molar-refractivity contribution in [1.82, 2.24) is 0 Å². The average Bonchev–Trinajstić information content (AvgIpc) is 2.39. The lowest BCUT2D eigenvalue weighted by molar-refractivity contribution is 0.454. The summed E-state index contributed by atoms with van der Waals surface area (Å²) < 4.78 is 0. The molecule has 0 aliphatic rings. The van der Waals surface area contributed by atoms with E-state index in [2.05, 4.69) is 0 Å². The third-order valence-electron chi connectivity index (χ3n) is 3.08. The summed E-state index contributed by atoms with van der Waals surface area (Å²) in [6.07, 6.45) is 0. The number of hydrogen-bond acceptors (Lipinski definition) is 2. The van der Waals surface area contributed by atoms with E-state index in [1.54, 1.807) is 18.2 Å². The van der Waals surface area contributed by atoms with E-state index in [4.69, 9.17) is 0 Å². The molecule has 2 heteroatoms. The molecule has 3 rings (SSSR count). The molecule has 0 heterocycles. The Labute approximate surface area is 105 Å². The summed E-state index contributed by atoms with van der Waals surface area (Å²) in [4.78, 5) is 0. The second-order valence-electron chi connectivity index (χ2n) is 4.20. The first-order chi connectivity index (χ1) is 8.77. The van der Waals surface area contributed by atoms with Gasteiger partial charge >= 0.3 is 0 Å². The van der Waals surface area contributed by atoms with Crippen LogP contribution in [-0.2, 0) is 0 Å². The fourth-order valence-electron chi connectivity index (χ4n) is 2.25. The molecule has 0 atom stereocenters. The van der Waals surface area contributed by atoms with Crippen molar-refractivity contribution < 1.29 is 10.2 Å². The Balaban J connectivity index is 2.39. The molecule has 88 valence electrons. The standard InChI is InChI=1S/C16H12O2/c17-14-9-4-10-15(18)16(14)13-8-3-6-11-5-1-2-7-12(11)13/h1-10,17-18H. The van der Waals surface area contributed by atoms with Gasteiger partial charge in [0, 0.05) is 0 Å². The normalized spacial score (nSPS) is 10.7. The van der Waals surface area contributed by atoms with E-state index >= 15 is 0 Å². The third kappa shape index (κ3) is 1.59. The lowest BCUT2D eigenvalue weighted by Gasteiger charge is -2.10. The Morgan fingerprint density at radius 2 is 1.22 bits per heavy atom. The van der Waals surface area contributed by atoms with Crippen molar-refractivity contribution in [2.75, 3.05) is 0 Å². The van der Waals surface area contributed by atoms with Crippen LogP contribution in [-0.4, -0.2) is 10.2 Å². The van der Waals surface area contributed by atoms with Crippen molar-refractivity contribution in [3.05, 3.63) is 60.7 Å². The summed E-state index contributed by atoms with van der Waals surface area (Å²) in [5.41, 5.74) is 1.32. The number of phenols is 2. The van der Waals surface area contributed by atoms with Crippen molar-refractivity contribution in [3.8, 4) is 22.6 Å². The van der Waals surface area contributed by atoms with E-state index in [1.165, 1.54) is 0 Å². The first kappa shape index (κ1) is 10.7. The lowest BCUT2D eigenvalue weighted by Crippen LogP contribution is -1.83. The van der Waals surface area contributed by atoms with Crippen molar-refractivity contribution in [3.63, 3.8) is 0 Å². The van der Waals surface area contributed by atoms with E-state index in [1.807, 2.05) is 42.5 Å². The van der Waals surface area contributed by atoms with Crippen LogP contribution in [0.4, 0.5) is 0 Å². The number of rotatable bonds is 1. The molecule has 0 unspecified atom stereocenters. The van der Waals surface area contributed by atoms with Gasteiger partial charge in [-0.05, 0) is 28.5 Å². The minimum Gasteiger partial charge on any atom is -0.507 e. The Morgan fingerprint density at radius 3 is 2.00 bits per heavy atom. The van der Waals surface area contributed by atoms with Crippen LogP contribution in [0.3, 0.4) is 0 Å². The smallest absolute Gasteiger partial charge is 0.127 e. The lowest BCUT2D eigenvalue weighted by atomic mass is 9.97. The SMILES string of the molecule is Oc1cccc(O)c1-c1cccc2ccccc12. The van der Waals surface area contributed by atoms with Gasteiger partial charge in [-0.25, -0.2) is 0 Å². The molecule has 0 aliphatic carbocycles. The predicted molar refractivity (Wildman–Crippen MR) is 72.7 cm³/mol. The van der Waals surface area contributed by atoms with Crippen LogP contribution in [0.1, 0.15) is 0 Å². The maximum absolute atomic E-state index is 9.94.